The van der Waals surface area contributed by atoms with Crippen molar-refractivity contribution in [3.8, 4) is 0 Å². The van der Waals surface area contributed by atoms with Crippen molar-refractivity contribution in [1.82, 2.24) is 0 Å². The third kappa shape index (κ3) is 2.94. The highest BCUT2D eigenvalue weighted by atomic mass is 16.2. The summed E-state index contributed by atoms with van der Waals surface area (Å²) in [5, 5.41) is 8.47. The van der Waals surface area contributed by atoms with Crippen LogP contribution in [0.1, 0.15) is 12.5 Å². The van der Waals surface area contributed by atoms with Gasteiger partial charge in [0, 0.05) is 0 Å². The van der Waals surface area contributed by atoms with Crippen LogP contribution in [0.5, 0.6) is 0 Å². The molecule has 0 aliphatic rings. The highest BCUT2D eigenvalue weighted by Gasteiger charge is 1.92. The molecule has 0 amide bonds. The smallest absolute Gasteiger partial charge is 0.0791 e. The van der Waals surface area contributed by atoms with Crippen molar-refractivity contribution in [3.05, 3.63) is 66.5 Å². The number of aliphatic hydroxyl groups is 1. The Labute approximate surface area is 84.7 Å². The summed E-state index contributed by atoms with van der Waals surface area (Å²) in [5.74, 6) is 0. The molecule has 0 bridgehead atoms. The second-order valence-electron chi connectivity index (χ2n) is 2.81. The van der Waals surface area contributed by atoms with E-state index in [-0.39, 0.29) is 0 Å². The molecule has 1 heteroatoms. The van der Waals surface area contributed by atoms with E-state index in [2.05, 4.69) is 12.1 Å². The summed E-state index contributed by atoms with van der Waals surface area (Å²) >= 11 is 0. The molecule has 1 N–H and O–H groups in total. The van der Waals surface area contributed by atoms with E-state index in [1.807, 2.05) is 43.4 Å². The molecule has 0 aromatic heterocycles. The molecule has 0 radical (unpaired) electrons. The lowest BCUT2D eigenvalue weighted by Gasteiger charge is -1.99. The Morgan fingerprint density at radius 1 is 1.14 bits per heavy atom. The van der Waals surface area contributed by atoms with E-state index in [1.54, 1.807) is 6.08 Å². The Bertz CT molecular complexity index is 345. The van der Waals surface area contributed by atoms with E-state index in [0.29, 0.717) is 0 Å². The van der Waals surface area contributed by atoms with Crippen molar-refractivity contribution in [2.24, 2.45) is 0 Å². The second kappa shape index (κ2) is 5.81. The van der Waals surface area contributed by atoms with Crippen LogP contribution < -0.4 is 0 Å². The van der Waals surface area contributed by atoms with Gasteiger partial charge in [-0.15, -0.1) is 0 Å². The van der Waals surface area contributed by atoms with E-state index in [4.69, 9.17) is 5.11 Å². The van der Waals surface area contributed by atoms with Crippen LogP contribution in [0, 0.1) is 0 Å². The standard InChI is InChI=1S/C13H14O/c1-2-12(8-6-7-11-14)13-9-4-3-5-10-13/h2-11,14H,1H3/b8-6-,11-7+,12-2+. The average molecular weight is 186 g/mol. The first-order chi connectivity index (χ1) is 6.88. The average Bonchev–Trinajstić information content (AvgIpc) is 2.26. The molecule has 0 unspecified atom stereocenters. The van der Waals surface area contributed by atoms with Gasteiger partial charge in [-0.3, -0.25) is 0 Å². The number of allylic oxidation sites excluding steroid dienone is 5. The minimum Gasteiger partial charge on any atom is -0.516 e. The van der Waals surface area contributed by atoms with Crippen molar-refractivity contribution in [2.45, 2.75) is 6.92 Å². The zero-order valence-electron chi connectivity index (χ0n) is 8.22. The molecule has 1 aromatic carbocycles. The Hall–Kier alpha value is -1.76. The normalized spacial score (nSPS) is 12.8. The number of aliphatic hydroxyl groups excluding tert-OH is 1. The largest absolute Gasteiger partial charge is 0.516 e. The SMILES string of the molecule is C\C=C(/C=C\C=C\O)c1ccccc1. The molecule has 1 rings (SSSR count). The quantitative estimate of drug-likeness (QED) is 0.563. The highest BCUT2D eigenvalue weighted by Crippen LogP contribution is 2.14. The van der Waals surface area contributed by atoms with Gasteiger partial charge in [-0.1, -0.05) is 48.6 Å². The third-order valence-corrected chi connectivity index (χ3v) is 1.89. The van der Waals surface area contributed by atoms with Gasteiger partial charge in [0.25, 0.3) is 0 Å². The van der Waals surface area contributed by atoms with Crippen molar-refractivity contribution in [3.63, 3.8) is 0 Å². The Morgan fingerprint density at radius 2 is 1.86 bits per heavy atom. The van der Waals surface area contributed by atoms with Crippen LogP contribution in [-0.4, -0.2) is 5.11 Å². The van der Waals surface area contributed by atoms with E-state index < -0.39 is 0 Å². The predicted octanol–water partition coefficient (Wildman–Crippen LogP) is 3.72. The van der Waals surface area contributed by atoms with E-state index in [1.165, 1.54) is 5.56 Å². The van der Waals surface area contributed by atoms with E-state index in [0.717, 1.165) is 11.8 Å². The van der Waals surface area contributed by atoms with Crippen LogP contribution in [0.2, 0.25) is 0 Å². The van der Waals surface area contributed by atoms with Gasteiger partial charge in [-0.2, -0.15) is 0 Å². The molecule has 0 fully saturated rings. The van der Waals surface area contributed by atoms with Gasteiger partial charge in [0.1, 0.15) is 0 Å². The van der Waals surface area contributed by atoms with E-state index in [9.17, 15) is 0 Å². The zero-order chi connectivity index (χ0) is 10.2. The zero-order valence-corrected chi connectivity index (χ0v) is 8.22. The lowest BCUT2D eigenvalue weighted by molar-refractivity contribution is 0.474. The van der Waals surface area contributed by atoms with Crippen LogP contribution in [0.25, 0.3) is 5.57 Å². The summed E-state index contributed by atoms with van der Waals surface area (Å²) in [7, 11) is 0. The maximum absolute atomic E-state index is 8.47. The molecule has 0 spiro atoms. The maximum Gasteiger partial charge on any atom is 0.0791 e. The van der Waals surface area contributed by atoms with Crippen LogP contribution in [0.3, 0.4) is 0 Å². The number of benzene rings is 1. The lowest BCUT2D eigenvalue weighted by Crippen LogP contribution is -1.78. The Kier molecular flexibility index (Phi) is 4.29. The fourth-order valence-electron chi connectivity index (χ4n) is 1.20. The molecule has 14 heavy (non-hydrogen) atoms. The molecule has 0 aliphatic heterocycles. The van der Waals surface area contributed by atoms with Crippen molar-refractivity contribution >= 4 is 5.57 Å². The first kappa shape index (κ1) is 10.3. The van der Waals surface area contributed by atoms with Crippen molar-refractivity contribution in [2.75, 3.05) is 0 Å². The number of rotatable bonds is 3. The van der Waals surface area contributed by atoms with Gasteiger partial charge < -0.3 is 5.11 Å². The summed E-state index contributed by atoms with van der Waals surface area (Å²) in [5.41, 5.74) is 2.32. The van der Waals surface area contributed by atoms with Gasteiger partial charge in [-0.05, 0) is 24.1 Å². The van der Waals surface area contributed by atoms with Crippen LogP contribution in [0.4, 0.5) is 0 Å². The van der Waals surface area contributed by atoms with Crippen molar-refractivity contribution < 1.29 is 5.11 Å². The molecule has 0 atom stereocenters. The molecule has 0 aliphatic carbocycles. The second-order valence-corrected chi connectivity index (χ2v) is 2.81. The van der Waals surface area contributed by atoms with Gasteiger partial charge in [0.2, 0.25) is 0 Å². The molecule has 1 aromatic rings. The van der Waals surface area contributed by atoms with E-state index >= 15 is 0 Å². The first-order valence-electron chi connectivity index (χ1n) is 4.57. The van der Waals surface area contributed by atoms with Gasteiger partial charge in [-0.25, -0.2) is 0 Å². The topological polar surface area (TPSA) is 20.2 Å². The number of hydrogen-bond acceptors (Lipinski definition) is 1. The summed E-state index contributed by atoms with van der Waals surface area (Å²) in [6, 6.07) is 10.1. The van der Waals surface area contributed by atoms with Crippen LogP contribution in [0.15, 0.2) is 60.9 Å². The maximum atomic E-state index is 8.47. The number of hydrogen-bond donors (Lipinski definition) is 1. The fraction of sp³-hybridized carbons (Fsp3) is 0.0769. The summed E-state index contributed by atoms with van der Waals surface area (Å²) in [6.45, 7) is 2.00. The summed E-state index contributed by atoms with van der Waals surface area (Å²) in [4.78, 5) is 0. The molecular weight excluding hydrogens is 172 g/mol. The molecular formula is C13H14O. The lowest BCUT2D eigenvalue weighted by atomic mass is 10.1. The van der Waals surface area contributed by atoms with Crippen LogP contribution in [-0.2, 0) is 0 Å². The van der Waals surface area contributed by atoms with Gasteiger partial charge >= 0.3 is 0 Å². The Morgan fingerprint density at radius 3 is 2.43 bits per heavy atom. The minimum atomic E-state index is 1.02. The predicted molar refractivity (Wildman–Crippen MR) is 61.0 cm³/mol. The van der Waals surface area contributed by atoms with Crippen LogP contribution >= 0.6 is 0 Å². The molecule has 0 saturated heterocycles. The summed E-state index contributed by atoms with van der Waals surface area (Å²) in [6.07, 6.45) is 8.42. The fourth-order valence-corrected chi connectivity index (χ4v) is 1.20. The highest BCUT2D eigenvalue weighted by molar-refractivity contribution is 5.73. The minimum absolute atomic E-state index is 1.02. The van der Waals surface area contributed by atoms with Gasteiger partial charge in [0.15, 0.2) is 0 Å². The monoisotopic (exact) mass is 186 g/mol. The van der Waals surface area contributed by atoms with Gasteiger partial charge in [0.05, 0.1) is 6.26 Å². The third-order valence-electron chi connectivity index (χ3n) is 1.89. The summed E-state index contributed by atoms with van der Waals surface area (Å²) < 4.78 is 0. The Balaban J connectivity index is 2.85. The molecule has 72 valence electrons. The molecule has 0 heterocycles. The van der Waals surface area contributed by atoms with Crippen molar-refractivity contribution in [1.29, 1.82) is 0 Å². The first-order valence-corrected chi connectivity index (χ1v) is 4.57. The molecule has 0 saturated carbocycles. The molecule has 1 nitrogen and oxygen atoms in total.